The molecule has 0 aliphatic carbocycles. The van der Waals surface area contributed by atoms with Crippen LogP contribution in [0, 0.1) is 0 Å². The summed E-state index contributed by atoms with van der Waals surface area (Å²) in [5, 5.41) is 10.8. The molecule has 3 rings (SSSR count). The molecule has 2 aromatic rings. The molecule has 1 amide bonds. The molecule has 7 nitrogen and oxygen atoms in total. The number of nitrogens with zero attached hydrogens (tertiary/aromatic N) is 4. The van der Waals surface area contributed by atoms with Crippen LogP contribution in [0.2, 0.25) is 0 Å². The van der Waals surface area contributed by atoms with Crippen LogP contribution >= 0.6 is 24.0 Å². The number of guanidine groups is 1. The summed E-state index contributed by atoms with van der Waals surface area (Å²) < 4.78 is 1.80. The van der Waals surface area contributed by atoms with Crippen molar-refractivity contribution in [3.63, 3.8) is 0 Å². The molecule has 26 heavy (non-hydrogen) atoms. The van der Waals surface area contributed by atoms with E-state index in [0.29, 0.717) is 13.0 Å². The lowest BCUT2D eigenvalue weighted by Gasteiger charge is -2.19. The highest BCUT2D eigenvalue weighted by atomic mass is 127. The van der Waals surface area contributed by atoms with Gasteiger partial charge in [0.2, 0.25) is 5.91 Å². The number of amides is 1. The fraction of sp³-hybridized carbons (Fsp3) is 0.389. The van der Waals surface area contributed by atoms with E-state index < -0.39 is 0 Å². The molecule has 2 heterocycles. The molecular formula is C18H25IN6O. The zero-order chi connectivity index (χ0) is 17.6. The third-order valence-corrected chi connectivity index (χ3v) is 4.22. The van der Waals surface area contributed by atoms with Crippen LogP contribution in [0.15, 0.2) is 47.7 Å². The number of carbonyl (C=O) groups is 1. The number of benzene rings is 1. The maximum absolute atomic E-state index is 12.3. The van der Waals surface area contributed by atoms with Gasteiger partial charge in [-0.2, -0.15) is 5.10 Å². The number of hydrogen-bond acceptors (Lipinski definition) is 3. The minimum Gasteiger partial charge on any atom is -0.356 e. The molecule has 0 spiro atoms. The topological polar surface area (TPSA) is 74.5 Å². The molecule has 140 valence electrons. The molecule has 1 aromatic carbocycles. The molecule has 2 N–H and O–H groups in total. The standard InChI is InChI=1S/C18H24N6O.HI/c1-19-18(20-9-8-14-11-21-23(2)12-14)22-15-10-17(25)24(13-15)16-6-4-3-5-7-16;/h3-7,11-12,15H,8-10,13H2,1-2H3,(H2,19,20,22);1H. The summed E-state index contributed by atoms with van der Waals surface area (Å²) in [6.45, 7) is 1.40. The maximum atomic E-state index is 12.3. The van der Waals surface area contributed by atoms with Crippen LogP contribution in [0.25, 0.3) is 0 Å². The van der Waals surface area contributed by atoms with Crippen LogP contribution in [0.4, 0.5) is 5.69 Å². The lowest BCUT2D eigenvalue weighted by Crippen LogP contribution is -2.45. The predicted octanol–water partition coefficient (Wildman–Crippen LogP) is 1.55. The summed E-state index contributed by atoms with van der Waals surface area (Å²) in [7, 11) is 3.65. The van der Waals surface area contributed by atoms with Gasteiger partial charge in [-0.15, -0.1) is 24.0 Å². The van der Waals surface area contributed by atoms with E-state index in [1.165, 1.54) is 5.56 Å². The summed E-state index contributed by atoms with van der Waals surface area (Å²) >= 11 is 0. The van der Waals surface area contributed by atoms with Gasteiger partial charge in [-0.25, -0.2) is 0 Å². The summed E-state index contributed by atoms with van der Waals surface area (Å²) in [6.07, 6.45) is 5.21. The second kappa shape index (κ2) is 9.56. The Morgan fingerprint density at radius 2 is 2.12 bits per heavy atom. The molecule has 0 saturated carbocycles. The molecule has 0 radical (unpaired) electrons. The molecule has 8 heteroatoms. The van der Waals surface area contributed by atoms with Crippen LogP contribution in [0.5, 0.6) is 0 Å². The predicted molar refractivity (Wildman–Crippen MR) is 114 cm³/mol. The van der Waals surface area contributed by atoms with Crippen molar-refractivity contribution in [1.82, 2.24) is 20.4 Å². The Kier molecular flexibility index (Phi) is 7.43. The number of aromatic nitrogens is 2. The Morgan fingerprint density at radius 3 is 2.77 bits per heavy atom. The molecule has 1 saturated heterocycles. The molecule has 1 unspecified atom stereocenters. The molecule has 1 aliphatic rings. The van der Waals surface area contributed by atoms with Crippen LogP contribution in [0.3, 0.4) is 0 Å². The SMILES string of the molecule is CN=C(NCCc1cnn(C)c1)NC1CC(=O)N(c2ccccc2)C1.I. The van der Waals surface area contributed by atoms with Crippen molar-refractivity contribution in [2.75, 3.05) is 25.0 Å². The number of nitrogens with one attached hydrogen (secondary N) is 2. The first-order chi connectivity index (χ1) is 12.2. The van der Waals surface area contributed by atoms with Gasteiger partial charge >= 0.3 is 0 Å². The van der Waals surface area contributed by atoms with E-state index in [0.717, 1.165) is 24.6 Å². The van der Waals surface area contributed by atoms with Crippen molar-refractivity contribution in [3.8, 4) is 0 Å². The zero-order valence-corrected chi connectivity index (χ0v) is 17.4. The number of halogens is 1. The number of carbonyl (C=O) groups excluding carboxylic acids is 1. The fourth-order valence-electron chi connectivity index (χ4n) is 2.98. The minimum atomic E-state index is 0. The van der Waals surface area contributed by atoms with Gasteiger partial charge in [0, 0.05) is 45.5 Å². The van der Waals surface area contributed by atoms with E-state index in [1.54, 1.807) is 11.7 Å². The van der Waals surface area contributed by atoms with Gasteiger partial charge in [0.25, 0.3) is 0 Å². The first kappa shape index (κ1) is 20.2. The van der Waals surface area contributed by atoms with Gasteiger partial charge in [0.05, 0.1) is 12.2 Å². The highest BCUT2D eigenvalue weighted by Gasteiger charge is 2.30. The lowest BCUT2D eigenvalue weighted by atomic mass is 10.2. The maximum Gasteiger partial charge on any atom is 0.229 e. The third kappa shape index (κ3) is 5.20. The average Bonchev–Trinajstić information content (AvgIpc) is 3.20. The van der Waals surface area contributed by atoms with E-state index in [2.05, 4.69) is 20.7 Å². The zero-order valence-electron chi connectivity index (χ0n) is 15.1. The van der Waals surface area contributed by atoms with Crippen LogP contribution < -0.4 is 15.5 Å². The van der Waals surface area contributed by atoms with E-state index in [1.807, 2.05) is 54.7 Å². The quantitative estimate of drug-likeness (QED) is 0.397. The Morgan fingerprint density at radius 1 is 1.35 bits per heavy atom. The van der Waals surface area contributed by atoms with Crippen LogP contribution in [-0.2, 0) is 18.3 Å². The van der Waals surface area contributed by atoms with Gasteiger partial charge in [0.15, 0.2) is 5.96 Å². The van der Waals surface area contributed by atoms with Crippen molar-refractivity contribution >= 4 is 41.5 Å². The minimum absolute atomic E-state index is 0. The van der Waals surface area contributed by atoms with Gasteiger partial charge in [-0.05, 0) is 24.1 Å². The van der Waals surface area contributed by atoms with Crippen LogP contribution in [-0.4, -0.2) is 47.8 Å². The fourth-order valence-corrected chi connectivity index (χ4v) is 2.98. The number of para-hydroxylation sites is 1. The van der Waals surface area contributed by atoms with Gasteiger partial charge in [-0.1, -0.05) is 18.2 Å². The van der Waals surface area contributed by atoms with Crippen molar-refractivity contribution < 1.29 is 4.79 Å². The van der Waals surface area contributed by atoms with Gasteiger partial charge in [0.1, 0.15) is 0 Å². The van der Waals surface area contributed by atoms with Crippen LogP contribution in [0.1, 0.15) is 12.0 Å². The van der Waals surface area contributed by atoms with Crippen molar-refractivity contribution in [2.45, 2.75) is 18.9 Å². The highest BCUT2D eigenvalue weighted by Crippen LogP contribution is 2.20. The van der Waals surface area contributed by atoms with E-state index in [-0.39, 0.29) is 35.9 Å². The number of aryl methyl sites for hydroxylation is 1. The monoisotopic (exact) mass is 468 g/mol. The van der Waals surface area contributed by atoms with Crippen molar-refractivity contribution in [3.05, 3.63) is 48.3 Å². The summed E-state index contributed by atoms with van der Waals surface area (Å²) in [6, 6.07) is 9.82. The Bertz CT molecular complexity index is 745. The smallest absolute Gasteiger partial charge is 0.229 e. The second-order valence-electron chi connectivity index (χ2n) is 6.16. The molecule has 1 aromatic heterocycles. The van der Waals surface area contributed by atoms with E-state index in [9.17, 15) is 4.79 Å². The number of rotatable bonds is 5. The summed E-state index contributed by atoms with van der Waals surface area (Å²) in [5.74, 6) is 0.853. The number of hydrogen-bond donors (Lipinski definition) is 2. The number of aliphatic imine (C=N–C) groups is 1. The average molecular weight is 468 g/mol. The summed E-state index contributed by atoms with van der Waals surface area (Å²) in [5.41, 5.74) is 2.12. The first-order valence-corrected chi connectivity index (χ1v) is 8.46. The lowest BCUT2D eigenvalue weighted by molar-refractivity contribution is -0.117. The van der Waals surface area contributed by atoms with E-state index >= 15 is 0 Å². The molecular weight excluding hydrogens is 443 g/mol. The third-order valence-electron chi connectivity index (χ3n) is 4.22. The largest absolute Gasteiger partial charge is 0.356 e. The van der Waals surface area contributed by atoms with E-state index in [4.69, 9.17) is 0 Å². The molecule has 1 aliphatic heterocycles. The van der Waals surface area contributed by atoms with Gasteiger partial charge in [-0.3, -0.25) is 14.5 Å². The van der Waals surface area contributed by atoms with Gasteiger partial charge < -0.3 is 15.5 Å². The first-order valence-electron chi connectivity index (χ1n) is 8.46. The Labute approximate surface area is 170 Å². The molecule has 1 atom stereocenters. The second-order valence-corrected chi connectivity index (χ2v) is 6.16. The molecule has 0 bridgehead atoms. The van der Waals surface area contributed by atoms with Crippen molar-refractivity contribution in [1.29, 1.82) is 0 Å². The van der Waals surface area contributed by atoms with Crippen molar-refractivity contribution in [2.24, 2.45) is 12.0 Å². The molecule has 1 fully saturated rings. The number of anilines is 1. The normalized spacial score (nSPS) is 17.2. The Hall–Kier alpha value is -2.10. The highest BCUT2D eigenvalue weighted by molar-refractivity contribution is 14.0. The Balaban J connectivity index is 0.00000243. The summed E-state index contributed by atoms with van der Waals surface area (Å²) in [4.78, 5) is 18.3.